The Morgan fingerprint density at radius 2 is 2.19 bits per heavy atom. The van der Waals surface area contributed by atoms with E-state index < -0.39 is 0 Å². The molecular weight excluding hydrogens is 222 g/mol. The third-order valence-corrected chi connectivity index (χ3v) is 2.82. The predicted molar refractivity (Wildman–Crippen MR) is 68.6 cm³/mol. The molecule has 0 amide bonds. The lowest BCUT2D eigenvalue weighted by Crippen LogP contribution is -2.13. The molecule has 0 unspecified atom stereocenters. The van der Waals surface area contributed by atoms with E-state index in [1.807, 2.05) is 31.2 Å². The molecule has 2 aromatic rings. The third-order valence-electron chi connectivity index (χ3n) is 2.49. The molecule has 4 heteroatoms. The van der Waals surface area contributed by atoms with Gasteiger partial charge in [0.05, 0.1) is 6.21 Å². The summed E-state index contributed by atoms with van der Waals surface area (Å²) in [5.74, 6) is 5.09. The molecule has 0 aliphatic carbocycles. The number of fused-ring (bicyclic) bond motifs is 1. The summed E-state index contributed by atoms with van der Waals surface area (Å²) in [4.78, 5) is 0. The van der Waals surface area contributed by atoms with Crippen LogP contribution in [0.15, 0.2) is 35.4 Å². The number of nitrogens with one attached hydrogen (secondary N) is 1. The van der Waals surface area contributed by atoms with Crippen LogP contribution in [0.25, 0.3) is 10.8 Å². The van der Waals surface area contributed by atoms with Crippen LogP contribution < -0.4 is 11.4 Å². The van der Waals surface area contributed by atoms with E-state index in [4.69, 9.17) is 17.4 Å². The van der Waals surface area contributed by atoms with Gasteiger partial charge in [0.1, 0.15) is 0 Å². The highest BCUT2D eigenvalue weighted by Crippen LogP contribution is 2.25. The Kier molecular flexibility index (Phi) is 3.08. The van der Waals surface area contributed by atoms with E-state index in [-0.39, 0.29) is 0 Å². The topological polar surface area (TPSA) is 50.4 Å². The first-order valence-corrected chi connectivity index (χ1v) is 5.27. The maximum Gasteiger partial charge on any atom is 0.0558 e. The fourth-order valence-electron chi connectivity index (χ4n) is 1.66. The van der Waals surface area contributed by atoms with E-state index in [0.29, 0.717) is 0 Å². The number of hydrogen-bond donors (Lipinski definition) is 2. The SMILES string of the molecule is Cc1cc2c(Cl)cccc2cc1/C=N\NN. The first kappa shape index (κ1) is 10.9. The Balaban J connectivity index is 2.63. The molecule has 3 nitrogen and oxygen atoms in total. The zero-order valence-corrected chi connectivity index (χ0v) is 9.62. The van der Waals surface area contributed by atoms with Crippen molar-refractivity contribution < 1.29 is 0 Å². The molecule has 0 aliphatic heterocycles. The third kappa shape index (κ3) is 2.01. The number of hydrazine groups is 1. The first-order chi connectivity index (χ1) is 7.72. The number of hydrazone groups is 1. The number of rotatable bonds is 2. The van der Waals surface area contributed by atoms with Gasteiger partial charge in [-0.3, -0.25) is 0 Å². The summed E-state index contributed by atoms with van der Waals surface area (Å²) in [6.45, 7) is 2.01. The molecule has 0 aromatic heterocycles. The molecule has 16 heavy (non-hydrogen) atoms. The van der Waals surface area contributed by atoms with Crippen molar-refractivity contribution in [2.45, 2.75) is 6.92 Å². The Morgan fingerprint density at radius 1 is 1.38 bits per heavy atom. The van der Waals surface area contributed by atoms with Crippen LogP contribution in [0.5, 0.6) is 0 Å². The number of nitrogens with two attached hydrogens (primary N) is 1. The number of benzene rings is 2. The minimum atomic E-state index is 0.765. The Morgan fingerprint density at radius 3 is 2.94 bits per heavy atom. The monoisotopic (exact) mass is 233 g/mol. The molecule has 0 saturated carbocycles. The zero-order chi connectivity index (χ0) is 11.5. The van der Waals surface area contributed by atoms with E-state index in [1.54, 1.807) is 6.21 Å². The van der Waals surface area contributed by atoms with Crippen LogP contribution in [0.2, 0.25) is 5.02 Å². The Hall–Kier alpha value is -1.58. The highest BCUT2D eigenvalue weighted by molar-refractivity contribution is 6.35. The van der Waals surface area contributed by atoms with Crippen molar-refractivity contribution in [3.8, 4) is 0 Å². The van der Waals surface area contributed by atoms with Gasteiger partial charge in [0.25, 0.3) is 0 Å². The fourth-order valence-corrected chi connectivity index (χ4v) is 1.90. The standard InChI is InChI=1S/C12H12ClN3/c1-8-5-11-9(3-2-4-12(11)13)6-10(8)7-15-16-14/h2-7,16H,14H2,1H3/b15-7-. The molecule has 0 aliphatic rings. The minimum Gasteiger partial charge on any atom is -0.246 e. The molecule has 2 aromatic carbocycles. The zero-order valence-electron chi connectivity index (χ0n) is 8.87. The molecule has 2 rings (SSSR count). The van der Waals surface area contributed by atoms with Crippen molar-refractivity contribution in [1.82, 2.24) is 5.53 Å². The molecule has 0 atom stereocenters. The van der Waals surface area contributed by atoms with Gasteiger partial charge in [0.15, 0.2) is 0 Å². The molecule has 0 saturated heterocycles. The van der Waals surface area contributed by atoms with E-state index in [1.165, 1.54) is 0 Å². The Labute approximate surface area is 98.9 Å². The highest BCUT2D eigenvalue weighted by Gasteiger charge is 2.02. The second kappa shape index (κ2) is 4.51. The Bertz CT molecular complexity index is 549. The first-order valence-electron chi connectivity index (χ1n) is 4.90. The van der Waals surface area contributed by atoms with Crippen LogP contribution >= 0.6 is 11.6 Å². The predicted octanol–water partition coefficient (Wildman–Crippen LogP) is 2.60. The summed E-state index contributed by atoms with van der Waals surface area (Å²) in [5, 5.41) is 6.72. The molecular formula is C12H12ClN3. The minimum absolute atomic E-state index is 0.765. The lowest BCUT2D eigenvalue weighted by Gasteiger charge is -2.05. The van der Waals surface area contributed by atoms with Crippen molar-refractivity contribution in [3.05, 3.63) is 46.5 Å². The lowest BCUT2D eigenvalue weighted by atomic mass is 10.0. The van der Waals surface area contributed by atoms with E-state index in [0.717, 1.165) is 26.9 Å². The maximum absolute atomic E-state index is 6.12. The van der Waals surface area contributed by atoms with Crippen LogP contribution in [0.1, 0.15) is 11.1 Å². The summed E-state index contributed by atoms with van der Waals surface area (Å²) in [5.41, 5.74) is 4.38. The van der Waals surface area contributed by atoms with Crippen molar-refractivity contribution in [2.75, 3.05) is 0 Å². The number of nitrogens with zero attached hydrogens (tertiary/aromatic N) is 1. The van der Waals surface area contributed by atoms with Crippen molar-refractivity contribution in [2.24, 2.45) is 10.9 Å². The van der Waals surface area contributed by atoms with E-state index in [9.17, 15) is 0 Å². The largest absolute Gasteiger partial charge is 0.246 e. The second-order valence-electron chi connectivity index (χ2n) is 3.56. The van der Waals surface area contributed by atoms with Crippen molar-refractivity contribution in [1.29, 1.82) is 0 Å². The molecule has 82 valence electrons. The van der Waals surface area contributed by atoms with Crippen LogP contribution in [-0.4, -0.2) is 6.21 Å². The van der Waals surface area contributed by atoms with Gasteiger partial charge in [0.2, 0.25) is 0 Å². The van der Waals surface area contributed by atoms with Crippen LogP contribution in [0.3, 0.4) is 0 Å². The van der Waals surface area contributed by atoms with Gasteiger partial charge in [-0.15, -0.1) is 0 Å². The van der Waals surface area contributed by atoms with E-state index in [2.05, 4.69) is 16.7 Å². The number of hydrogen-bond acceptors (Lipinski definition) is 3. The van der Waals surface area contributed by atoms with Crippen molar-refractivity contribution >= 4 is 28.6 Å². The molecule has 0 fully saturated rings. The summed E-state index contributed by atoms with van der Waals surface area (Å²) in [6, 6.07) is 9.93. The van der Waals surface area contributed by atoms with Crippen LogP contribution in [-0.2, 0) is 0 Å². The quantitative estimate of drug-likeness (QED) is 0.476. The summed E-state index contributed by atoms with van der Waals surface area (Å²) < 4.78 is 0. The van der Waals surface area contributed by atoms with Crippen molar-refractivity contribution in [3.63, 3.8) is 0 Å². The summed E-state index contributed by atoms with van der Waals surface area (Å²) in [7, 11) is 0. The van der Waals surface area contributed by atoms with Crippen LogP contribution in [0, 0.1) is 6.92 Å². The van der Waals surface area contributed by atoms with Crippen LogP contribution in [0.4, 0.5) is 0 Å². The molecule has 0 heterocycles. The van der Waals surface area contributed by atoms with Gasteiger partial charge in [-0.1, -0.05) is 23.7 Å². The second-order valence-corrected chi connectivity index (χ2v) is 3.96. The molecule has 0 radical (unpaired) electrons. The van der Waals surface area contributed by atoms with Gasteiger partial charge in [-0.2, -0.15) is 5.10 Å². The smallest absolute Gasteiger partial charge is 0.0558 e. The van der Waals surface area contributed by atoms with E-state index >= 15 is 0 Å². The van der Waals surface area contributed by atoms with Gasteiger partial charge in [-0.25, -0.2) is 11.4 Å². The number of halogens is 1. The molecule has 3 N–H and O–H groups in total. The summed E-state index contributed by atoms with van der Waals surface area (Å²) in [6.07, 6.45) is 1.69. The average molecular weight is 234 g/mol. The normalized spacial score (nSPS) is 11.2. The molecule has 0 spiro atoms. The number of aryl methyl sites for hydroxylation is 1. The van der Waals surface area contributed by atoms with Gasteiger partial charge >= 0.3 is 0 Å². The highest BCUT2D eigenvalue weighted by atomic mass is 35.5. The molecule has 0 bridgehead atoms. The van der Waals surface area contributed by atoms with Gasteiger partial charge in [-0.05, 0) is 41.6 Å². The lowest BCUT2D eigenvalue weighted by molar-refractivity contribution is 0.811. The van der Waals surface area contributed by atoms with Gasteiger partial charge < -0.3 is 0 Å². The van der Waals surface area contributed by atoms with Gasteiger partial charge in [0, 0.05) is 10.4 Å². The fraction of sp³-hybridized carbons (Fsp3) is 0.0833. The summed E-state index contributed by atoms with van der Waals surface area (Å²) >= 11 is 6.12. The average Bonchev–Trinajstić information content (AvgIpc) is 2.28. The maximum atomic E-state index is 6.12.